The molecule has 6 saturated heterocycles. The van der Waals surface area contributed by atoms with Crippen molar-refractivity contribution in [3.63, 3.8) is 0 Å². The summed E-state index contributed by atoms with van der Waals surface area (Å²) in [5.74, 6) is -10.4. The Morgan fingerprint density at radius 1 is 0.818 bits per heavy atom. The van der Waals surface area contributed by atoms with Gasteiger partial charge in [0.1, 0.15) is 5.60 Å². The van der Waals surface area contributed by atoms with Crippen LogP contribution in [0.2, 0.25) is 0 Å². The van der Waals surface area contributed by atoms with Crippen molar-refractivity contribution in [1.82, 2.24) is 4.90 Å². The van der Waals surface area contributed by atoms with Crippen LogP contribution in [0.25, 0.3) is 0 Å². The molecule has 4 bridgehead atoms. The van der Waals surface area contributed by atoms with E-state index in [1.807, 2.05) is 0 Å². The third-order valence-corrected chi connectivity index (χ3v) is 14.5. The standard InChI is InChI=1S/C38H53F6NO10/c1-20-9-11-27-23(29(37(39,40)41)49-30-34(27)24(20)12-14-32(4,50-30)53-34)18-45(19-28(46)47)16-6-7-17-48-36(38(42,43)44)22(3)26-10-8-21(2)25-13-15-33(5)51-31(52-36)35(25,26)55-54-33/h20-22,24-27,30-31H,6-19H2,1-5H3,(H,46,47)/t20-,21-,22-,24+,25+,26+,27+,30-,31+,32+,33+,34-,35-,36-/m1/s1. The summed E-state index contributed by atoms with van der Waals surface area (Å²) < 4.78 is 126. The third kappa shape index (κ3) is 6.17. The van der Waals surface area contributed by atoms with Gasteiger partial charge in [0.05, 0.1) is 13.2 Å². The number of unbranched alkanes of at least 4 members (excludes halogenated alkanes) is 1. The molecule has 2 saturated carbocycles. The summed E-state index contributed by atoms with van der Waals surface area (Å²) in [5, 5.41) is 9.81. The molecule has 7 aliphatic heterocycles. The van der Waals surface area contributed by atoms with Gasteiger partial charge in [-0.3, -0.25) is 9.69 Å². The van der Waals surface area contributed by atoms with Gasteiger partial charge in [0.15, 0.2) is 17.7 Å². The van der Waals surface area contributed by atoms with Crippen LogP contribution in [0, 0.1) is 41.4 Å². The van der Waals surface area contributed by atoms with Gasteiger partial charge in [-0.25, -0.2) is 9.78 Å². The van der Waals surface area contributed by atoms with E-state index in [0.717, 1.165) is 0 Å². The summed E-state index contributed by atoms with van der Waals surface area (Å²) in [5.41, 5.74) is -2.47. The minimum Gasteiger partial charge on any atom is -0.480 e. The first-order valence-corrected chi connectivity index (χ1v) is 19.9. The van der Waals surface area contributed by atoms with Gasteiger partial charge < -0.3 is 33.5 Å². The number of hydrogen-bond acceptors (Lipinski definition) is 10. The molecular weight excluding hydrogens is 744 g/mol. The molecule has 14 atom stereocenters. The Labute approximate surface area is 316 Å². The molecule has 9 aliphatic rings. The predicted molar refractivity (Wildman–Crippen MR) is 177 cm³/mol. The summed E-state index contributed by atoms with van der Waals surface area (Å²) in [6, 6.07) is 0. The lowest BCUT2D eigenvalue weighted by molar-refractivity contribution is -0.598. The average Bonchev–Trinajstić information content (AvgIpc) is 3.15. The number of hydrogen-bond donors (Lipinski definition) is 1. The van der Waals surface area contributed by atoms with Gasteiger partial charge in [0.25, 0.3) is 5.79 Å². The zero-order chi connectivity index (χ0) is 39.6. The van der Waals surface area contributed by atoms with E-state index in [9.17, 15) is 23.1 Å². The van der Waals surface area contributed by atoms with Gasteiger partial charge in [0.2, 0.25) is 17.8 Å². The number of ether oxygens (including phenoxy) is 6. The fourth-order valence-electron chi connectivity index (χ4n) is 12.0. The fraction of sp³-hybridized carbons (Fsp3) is 0.921. The van der Waals surface area contributed by atoms with E-state index in [2.05, 4.69) is 13.8 Å². The first-order chi connectivity index (χ1) is 25.7. The van der Waals surface area contributed by atoms with Crippen molar-refractivity contribution in [3.05, 3.63) is 11.3 Å². The Kier molecular flexibility index (Phi) is 9.76. The highest BCUT2D eigenvalue weighted by Crippen LogP contribution is 2.66. The molecule has 8 fully saturated rings. The second kappa shape index (κ2) is 13.4. The van der Waals surface area contributed by atoms with E-state index < -0.39 is 96.1 Å². The first-order valence-electron chi connectivity index (χ1n) is 19.9. The Hall–Kier alpha value is -1.73. The molecule has 1 N–H and O–H groups in total. The number of nitrogens with zero attached hydrogens (tertiary/aromatic N) is 1. The van der Waals surface area contributed by atoms with Crippen LogP contribution in [0.15, 0.2) is 11.3 Å². The Morgan fingerprint density at radius 2 is 1.47 bits per heavy atom. The number of aliphatic carboxylic acids is 1. The number of fused-ring (bicyclic) bond motifs is 3. The Morgan fingerprint density at radius 3 is 2.15 bits per heavy atom. The molecule has 0 amide bonds. The number of halogens is 6. The molecule has 55 heavy (non-hydrogen) atoms. The van der Waals surface area contributed by atoms with Crippen molar-refractivity contribution in [2.45, 2.75) is 152 Å². The number of carboxylic acid groups (broad SMARTS) is 1. The number of alkyl halides is 6. The van der Waals surface area contributed by atoms with Crippen LogP contribution < -0.4 is 0 Å². The van der Waals surface area contributed by atoms with Crippen LogP contribution in [0.5, 0.6) is 0 Å². The van der Waals surface area contributed by atoms with Crippen LogP contribution in [-0.2, 0) is 43.0 Å². The zero-order valence-corrected chi connectivity index (χ0v) is 31.9. The average molecular weight is 798 g/mol. The third-order valence-electron chi connectivity index (χ3n) is 14.5. The van der Waals surface area contributed by atoms with Crippen molar-refractivity contribution in [1.29, 1.82) is 0 Å². The monoisotopic (exact) mass is 797 g/mol. The maximum absolute atomic E-state index is 15.3. The largest absolute Gasteiger partial charge is 0.480 e. The van der Waals surface area contributed by atoms with Gasteiger partial charge in [0, 0.05) is 37.1 Å². The molecule has 312 valence electrons. The SMILES string of the molecule is C[C@@H]1CC[C@H]2[C@@H](C)[C@](OCCCCN(CC(=O)O)CC3=C(C(F)(F)F)O[C@@H]4O[C@]5(C)CC[C@H]6[C@H](C)CC[C@@H]3[C@@]46O5)(C(F)(F)F)O[C@@H]3O[C@]4(C)CC[C@@H]1[C@]32OO4. The smallest absolute Gasteiger partial charge is 0.449 e. The van der Waals surface area contributed by atoms with Gasteiger partial charge >= 0.3 is 18.3 Å². The Balaban J connectivity index is 0.995. The molecule has 0 aromatic heterocycles. The van der Waals surface area contributed by atoms with E-state index in [0.29, 0.717) is 51.4 Å². The summed E-state index contributed by atoms with van der Waals surface area (Å²) in [6.45, 7) is 7.49. The molecule has 0 aromatic rings. The van der Waals surface area contributed by atoms with E-state index in [1.165, 1.54) is 11.8 Å². The summed E-state index contributed by atoms with van der Waals surface area (Å²) in [4.78, 5) is 25.2. The minimum atomic E-state index is -4.96. The molecule has 7 heterocycles. The van der Waals surface area contributed by atoms with E-state index in [-0.39, 0.29) is 55.2 Å². The molecular formula is C38H53F6NO10. The van der Waals surface area contributed by atoms with Gasteiger partial charge in [-0.05, 0) is 101 Å². The van der Waals surface area contributed by atoms with Crippen molar-refractivity contribution >= 4 is 5.97 Å². The van der Waals surface area contributed by atoms with E-state index >= 15 is 13.2 Å². The number of allylic oxidation sites excluding steroid dienone is 1. The number of carboxylic acids is 1. The van der Waals surface area contributed by atoms with Crippen LogP contribution in [0.3, 0.4) is 0 Å². The van der Waals surface area contributed by atoms with Crippen molar-refractivity contribution in [3.8, 4) is 0 Å². The highest BCUT2D eigenvalue weighted by Gasteiger charge is 2.77. The lowest BCUT2D eigenvalue weighted by Gasteiger charge is -2.62. The topological polar surface area (TPSA) is 114 Å². The molecule has 9 rings (SSSR count). The minimum absolute atomic E-state index is 0.0294. The quantitative estimate of drug-likeness (QED) is 0.135. The highest BCUT2D eigenvalue weighted by molar-refractivity contribution is 5.69. The maximum Gasteiger partial charge on any atom is 0.449 e. The van der Waals surface area contributed by atoms with Crippen molar-refractivity contribution in [2.75, 3.05) is 26.2 Å². The van der Waals surface area contributed by atoms with Gasteiger partial charge in [-0.1, -0.05) is 20.8 Å². The summed E-state index contributed by atoms with van der Waals surface area (Å²) in [6.07, 6.45) is -7.93. The van der Waals surface area contributed by atoms with Crippen LogP contribution in [-0.4, -0.2) is 95.7 Å². The van der Waals surface area contributed by atoms with E-state index in [1.54, 1.807) is 13.8 Å². The van der Waals surface area contributed by atoms with Crippen molar-refractivity contribution < 1.29 is 74.4 Å². The molecule has 2 aliphatic carbocycles. The molecule has 0 radical (unpaired) electrons. The molecule has 17 heteroatoms. The normalized spacial score (nSPS) is 47.6. The van der Waals surface area contributed by atoms with Crippen LogP contribution in [0.4, 0.5) is 26.3 Å². The summed E-state index contributed by atoms with van der Waals surface area (Å²) in [7, 11) is 0. The lowest BCUT2D eigenvalue weighted by Crippen LogP contribution is -2.76. The molecule has 2 spiro atoms. The Bertz CT molecular complexity index is 1550. The van der Waals surface area contributed by atoms with Crippen molar-refractivity contribution in [2.24, 2.45) is 41.4 Å². The maximum atomic E-state index is 15.3. The molecule has 11 nitrogen and oxygen atoms in total. The second-order valence-electron chi connectivity index (χ2n) is 17.9. The number of rotatable bonds is 10. The number of carbonyl (C=O) groups is 1. The van der Waals surface area contributed by atoms with Gasteiger partial charge in [-0.2, -0.15) is 26.3 Å². The van der Waals surface area contributed by atoms with Gasteiger partial charge in [-0.15, -0.1) is 0 Å². The lowest BCUT2D eigenvalue weighted by atomic mass is 9.57. The fourth-order valence-corrected chi connectivity index (χ4v) is 12.0. The molecule has 0 aromatic carbocycles. The zero-order valence-electron chi connectivity index (χ0n) is 31.9. The second-order valence-corrected chi connectivity index (χ2v) is 17.9. The first kappa shape index (κ1) is 40.1. The summed E-state index contributed by atoms with van der Waals surface area (Å²) >= 11 is 0. The highest BCUT2D eigenvalue weighted by atomic mass is 19.4. The predicted octanol–water partition coefficient (Wildman–Crippen LogP) is 7.44. The van der Waals surface area contributed by atoms with E-state index in [4.69, 9.17) is 38.2 Å². The van der Waals surface area contributed by atoms with Crippen LogP contribution >= 0.6 is 0 Å². The molecule has 0 unspecified atom stereocenters. The van der Waals surface area contributed by atoms with Crippen LogP contribution in [0.1, 0.15) is 98.8 Å².